The van der Waals surface area contributed by atoms with Gasteiger partial charge in [-0.05, 0) is 22.0 Å². The Morgan fingerprint density at radius 2 is 2.44 bits per heavy atom. The molecular weight excluding hydrogens is 323 g/mol. The number of halogens is 2. The molecule has 0 aromatic carbocycles. The zero-order valence-corrected chi connectivity index (χ0v) is 11.9. The van der Waals surface area contributed by atoms with Crippen molar-refractivity contribution in [2.45, 2.75) is 6.54 Å². The monoisotopic (exact) mass is 332 g/mol. The Morgan fingerprint density at radius 1 is 1.67 bits per heavy atom. The molecule has 5 nitrogen and oxygen atoms in total. The third-order valence-electron chi connectivity index (χ3n) is 2.38. The van der Waals surface area contributed by atoms with Gasteiger partial charge in [0.05, 0.1) is 36.2 Å². The molecule has 0 radical (unpaired) electrons. The zero-order chi connectivity index (χ0) is 13.1. The van der Waals surface area contributed by atoms with Crippen LogP contribution in [0.2, 0.25) is 5.02 Å². The van der Waals surface area contributed by atoms with E-state index in [1.54, 1.807) is 13.2 Å². The van der Waals surface area contributed by atoms with Crippen LogP contribution in [0, 0.1) is 0 Å². The van der Waals surface area contributed by atoms with Crippen molar-refractivity contribution in [3.8, 4) is 0 Å². The minimum atomic E-state index is -0.241. The highest BCUT2D eigenvalue weighted by atomic mass is 79.9. The highest BCUT2D eigenvalue weighted by molar-refractivity contribution is 9.10. The van der Waals surface area contributed by atoms with Crippen molar-refractivity contribution in [2.75, 3.05) is 13.7 Å². The van der Waals surface area contributed by atoms with Gasteiger partial charge < -0.3 is 9.15 Å². The van der Waals surface area contributed by atoms with Crippen molar-refractivity contribution in [1.82, 2.24) is 9.78 Å². The van der Waals surface area contributed by atoms with Gasteiger partial charge in [0.25, 0.3) is 0 Å². The second kappa shape index (κ2) is 5.69. The first kappa shape index (κ1) is 13.3. The lowest BCUT2D eigenvalue weighted by Crippen LogP contribution is -2.14. The number of nitrogens with zero attached hydrogens (tertiary/aromatic N) is 2. The highest BCUT2D eigenvalue weighted by Gasteiger charge is 2.22. The molecule has 0 bridgehead atoms. The Bertz CT molecular complexity index is 564. The van der Waals surface area contributed by atoms with Crippen molar-refractivity contribution < 1.29 is 13.9 Å². The Balaban J connectivity index is 2.35. The van der Waals surface area contributed by atoms with E-state index in [0.717, 1.165) is 0 Å². The molecule has 0 aliphatic heterocycles. The summed E-state index contributed by atoms with van der Waals surface area (Å²) in [7, 11) is 1.58. The SMILES string of the molecule is COCCn1ncc(Cl)c1C(=O)c1ccoc1Br. The Kier molecular flexibility index (Phi) is 4.21. The van der Waals surface area contributed by atoms with Gasteiger partial charge in [-0.25, -0.2) is 0 Å². The van der Waals surface area contributed by atoms with Gasteiger partial charge in [0, 0.05) is 7.11 Å². The zero-order valence-electron chi connectivity index (χ0n) is 9.52. The average molecular weight is 334 g/mol. The van der Waals surface area contributed by atoms with Crippen LogP contribution in [0.1, 0.15) is 16.1 Å². The molecule has 18 heavy (non-hydrogen) atoms. The molecular formula is C11H10BrClN2O3. The van der Waals surface area contributed by atoms with Gasteiger partial charge in [-0.1, -0.05) is 11.6 Å². The van der Waals surface area contributed by atoms with E-state index in [0.29, 0.717) is 34.1 Å². The Morgan fingerprint density at radius 3 is 3.06 bits per heavy atom. The number of hydrogen-bond donors (Lipinski definition) is 0. The Hall–Kier alpha value is -1.11. The topological polar surface area (TPSA) is 57.3 Å². The molecule has 0 N–H and O–H groups in total. The molecule has 2 aromatic heterocycles. The summed E-state index contributed by atoms with van der Waals surface area (Å²) < 4.78 is 11.9. The smallest absolute Gasteiger partial charge is 0.216 e. The fraction of sp³-hybridized carbons (Fsp3) is 0.273. The van der Waals surface area contributed by atoms with E-state index in [2.05, 4.69) is 21.0 Å². The number of methoxy groups -OCH3 is 1. The summed E-state index contributed by atoms with van der Waals surface area (Å²) in [6.45, 7) is 0.907. The molecule has 0 fully saturated rings. The van der Waals surface area contributed by atoms with Crippen molar-refractivity contribution in [3.63, 3.8) is 0 Å². The molecule has 0 aliphatic carbocycles. The van der Waals surface area contributed by atoms with Crippen LogP contribution in [0.4, 0.5) is 0 Å². The van der Waals surface area contributed by atoms with Gasteiger partial charge in [-0.2, -0.15) is 5.10 Å². The molecule has 7 heteroatoms. The third-order valence-corrected chi connectivity index (χ3v) is 3.27. The van der Waals surface area contributed by atoms with Gasteiger partial charge in [0.1, 0.15) is 5.69 Å². The van der Waals surface area contributed by atoms with Crippen molar-refractivity contribution >= 4 is 33.3 Å². The highest BCUT2D eigenvalue weighted by Crippen LogP contribution is 2.24. The molecule has 0 amide bonds. The predicted octanol–water partition coefficient (Wildman–Crippen LogP) is 2.77. The van der Waals surface area contributed by atoms with Crippen molar-refractivity contribution in [2.24, 2.45) is 0 Å². The normalized spacial score (nSPS) is 10.8. The van der Waals surface area contributed by atoms with Crippen LogP contribution in [-0.4, -0.2) is 29.3 Å². The fourth-order valence-corrected chi connectivity index (χ4v) is 2.17. The maximum Gasteiger partial charge on any atom is 0.216 e. The van der Waals surface area contributed by atoms with Crippen LogP contribution in [-0.2, 0) is 11.3 Å². The van der Waals surface area contributed by atoms with Gasteiger partial charge in [-0.15, -0.1) is 0 Å². The first-order valence-corrected chi connectivity index (χ1v) is 6.30. The van der Waals surface area contributed by atoms with Crippen LogP contribution in [0.25, 0.3) is 0 Å². The molecule has 0 atom stereocenters. The molecule has 0 aliphatic rings. The number of rotatable bonds is 5. The van der Waals surface area contributed by atoms with E-state index in [1.165, 1.54) is 17.1 Å². The molecule has 0 spiro atoms. The lowest BCUT2D eigenvalue weighted by molar-refractivity contribution is 0.102. The number of carbonyl (C=O) groups excluding carboxylic acids is 1. The second-order valence-corrected chi connectivity index (χ2v) is 4.62. The summed E-state index contributed by atoms with van der Waals surface area (Å²) in [5.41, 5.74) is 0.742. The Labute approximate surface area is 117 Å². The molecule has 96 valence electrons. The largest absolute Gasteiger partial charge is 0.457 e. The maximum atomic E-state index is 12.3. The van der Waals surface area contributed by atoms with Gasteiger partial charge >= 0.3 is 0 Å². The number of aromatic nitrogens is 2. The predicted molar refractivity (Wildman–Crippen MR) is 69.0 cm³/mol. The second-order valence-electron chi connectivity index (χ2n) is 3.49. The summed E-state index contributed by atoms with van der Waals surface area (Å²) in [5.74, 6) is -0.241. The number of furan rings is 1. The number of carbonyl (C=O) groups is 1. The van der Waals surface area contributed by atoms with E-state index in [1.807, 2.05) is 0 Å². The van der Waals surface area contributed by atoms with Crippen LogP contribution >= 0.6 is 27.5 Å². The summed E-state index contributed by atoms with van der Waals surface area (Å²) >= 11 is 9.17. The minimum Gasteiger partial charge on any atom is -0.457 e. The third kappa shape index (κ3) is 2.50. The number of ether oxygens (including phenoxy) is 1. The maximum absolute atomic E-state index is 12.3. The van der Waals surface area contributed by atoms with Crippen molar-refractivity contribution in [1.29, 1.82) is 0 Å². The first-order chi connectivity index (χ1) is 8.65. The van der Waals surface area contributed by atoms with E-state index < -0.39 is 0 Å². The van der Waals surface area contributed by atoms with Crippen LogP contribution in [0.15, 0.2) is 27.6 Å². The lowest BCUT2D eigenvalue weighted by Gasteiger charge is -2.05. The van der Waals surface area contributed by atoms with Crippen molar-refractivity contribution in [3.05, 3.63) is 39.5 Å². The van der Waals surface area contributed by atoms with Crippen LogP contribution in [0.3, 0.4) is 0 Å². The number of ketones is 1. The van der Waals surface area contributed by atoms with Gasteiger partial charge in [0.2, 0.25) is 5.78 Å². The summed E-state index contributed by atoms with van der Waals surface area (Å²) in [4.78, 5) is 12.3. The summed E-state index contributed by atoms with van der Waals surface area (Å²) in [5, 5.41) is 4.36. The van der Waals surface area contributed by atoms with Crippen LogP contribution in [0.5, 0.6) is 0 Å². The summed E-state index contributed by atoms with van der Waals surface area (Å²) in [6.07, 6.45) is 2.87. The number of hydrogen-bond acceptors (Lipinski definition) is 4. The van der Waals surface area contributed by atoms with Gasteiger partial charge in [0.15, 0.2) is 4.67 Å². The van der Waals surface area contributed by atoms with Crippen LogP contribution < -0.4 is 0 Å². The van der Waals surface area contributed by atoms with E-state index in [-0.39, 0.29) is 5.78 Å². The standard InChI is InChI=1S/C11H10BrClN2O3/c1-17-5-3-15-9(8(13)6-14-15)10(16)7-2-4-18-11(7)12/h2,4,6H,3,5H2,1H3. The lowest BCUT2D eigenvalue weighted by atomic mass is 10.1. The van der Waals surface area contributed by atoms with E-state index in [9.17, 15) is 4.79 Å². The molecule has 0 unspecified atom stereocenters. The van der Waals surface area contributed by atoms with E-state index >= 15 is 0 Å². The first-order valence-electron chi connectivity index (χ1n) is 5.13. The molecule has 0 saturated heterocycles. The summed E-state index contributed by atoms with van der Waals surface area (Å²) in [6, 6.07) is 1.58. The quantitative estimate of drug-likeness (QED) is 0.790. The molecule has 2 aromatic rings. The average Bonchev–Trinajstić information content (AvgIpc) is 2.92. The fourth-order valence-electron chi connectivity index (χ4n) is 1.52. The van der Waals surface area contributed by atoms with Gasteiger partial charge in [-0.3, -0.25) is 9.48 Å². The molecule has 2 heterocycles. The molecule has 0 saturated carbocycles. The molecule has 2 rings (SSSR count). The van der Waals surface area contributed by atoms with E-state index in [4.69, 9.17) is 20.8 Å². The minimum absolute atomic E-state index is 0.241.